The summed E-state index contributed by atoms with van der Waals surface area (Å²) in [4.78, 5) is 32.8. The number of carbonyl (C=O) groups is 2. The lowest BCUT2D eigenvalue weighted by molar-refractivity contribution is -0.385. The van der Waals surface area contributed by atoms with Crippen molar-refractivity contribution in [3.63, 3.8) is 0 Å². The fourth-order valence-corrected chi connectivity index (χ4v) is 1.43. The lowest BCUT2D eigenvalue weighted by atomic mass is 10.3. The average Bonchev–Trinajstić information content (AvgIpc) is 2.60. The van der Waals surface area contributed by atoms with Gasteiger partial charge >= 0.3 is 11.7 Å². The molecule has 1 heterocycles. The van der Waals surface area contributed by atoms with E-state index in [2.05, 4.69) is 15.2 Å². The molecule has 1 aromatic rings. The van der Waals surface area contributed by atoms with Gasteiger partial charge in [-0.25, -0.2) is 0 Å². The summed E-state index contributed by atoms with van der Waals surface area (Å²) in [6.45, 7) is 1.06. The van der Waals surface area contributed by atoms with Gasteiger partial charge in [0.15, 0.2) is 0 Å². The number of aromatic nitrogens is 2. The predicted octanol–water partition coefficient (Wildman–Crippen LogP) is -0.460. The normalized spacial score (nSPS) is 9.94. The minimum absolute atomic E-state index is 0.130. The standard InChI is InChI=1S/C9H12N4O5/c1-5-7(13(16)17)8(12(2)11-5)9(15)10-4-6(14)18-3/h4H2,1-3H3,(H,10,15). The van der Waals surface area contributed by atoms with Crippen LogP contribution in [0.2, 0.25) is 0 Å². The molecule has 0 unspecified atom stereocenters. The van der Waals surface area contributed by atoms with Crippen LogP contribution in [0.15, 0.2) is 0 Å². The van der Waals surface area contributed by atoms with Crippen LogP contribution in [0.5, 0.6) is 0 Å². The Morgan fingerprint density at radius 3 is 2.67 bits per heavy atom. The third-order valence-electron chi connectivity index (χ3n) is 2.21. The number of aryl methyl sites for hydroxylation is 2. The fourth-order valence-electron chi connectivity index (χ4n) is 1.43. The van der Waals surface area contributed by atoms with Crippen LogP contribution in [-0.4, -0.2) is 40.2 Å². The molecule has 0 bridgehead atoms. The molecule has 0 aromatic carbocycles. The number of hydrogen-bond donors (Lipinski definition) is 1. The van der Waals surface area contributed by atoms with Crippen molar-refractivity contribution >= 4 is 17.6 Å². The minimum atomic E-state index is -0.754. The van der Waals surface area contributed by atoms with Crippen LogP contribution < -0.4 is 5.32 Å². The van der Waals surface area contributed by atoms with Crippen LogP contribution in [0.1, 0.15) is 16.2 Å². The van der Waals surface area contributed by atoms with Crippen LogP contribution in [0.25, 0.3) is 0 Å². The van der Waals surface area contributed by atoms with E-state index in [4.69, 9.17) is 0 Å². The summed E-state index contributed by atoms with van der Waals surface area (Å²) in [5.41, 5.74) is -0.452. The number of esters is 1. The van der Waals surface area contributed by atoms with Crippen molar-refractivity contribution in [3.05, 3.63) is 21.5 Å². The van der Waals surface area contributed by atoms with Crippen LogP contribution in [0.4, 0.5) is 5.69 Å². The molecule has 0 aliphatic rings. The highest BCUT2D eigenvalue weighted by Gasteiger charge is 2.29. The molecule has 0 fully saturated rings. The molecular weight excluding hydrogens is 244 g/mol. The highest BCUT2D eigenvalue weighted by atomic mass is 16.6. The van der Waals surface area contributed by atoms with Crippen LogP contribution in [-0.2, 0) is 16.6 Å². The molecule has 9 nitrogen and oxygen atoms in total. The molecule has 0 saturated heterocycles. The largest absolute Gasteiger partial charge is 0.468 e. The van der Waals surface area contributed by atoms with E-state index >= 15 is 0 Å². The van der Waals surface area contributed by atoms with Gasteiger partial charge in [-0.1, -0.05) is 0 Å². The number of rotatable bonds is 4. The molecule has 0 atom stereocenters. The van der Waals surface area contributed by atoms with Crippen molar-refractivity contribution in [2.24, 2.45) is 7.05 Å². The van der Waals surface area contributed by atoms with Gasteiger partial charge in [0.1, 0.15) is 12.2 Å². The van der Waals surface area contributed by atoms with Gasteiger partial charge < -0.3 is 10.1 Å². The summed E-state index contributed by atoms with van der Waals surface area (Å²) in [6, 6.07) is 0. The Bertz CT molecular complexity index is 507. The number of nitro groups is 1. The minimum Gasteiger partial charge on any atom is -0.468 e. The van der Waals surface area contributed by atoms with E-state index in [1.807, 2.05) is 0 Å². The van der Waals surface area contributed by atoms with Gasteiger partial charge in [-0.2, -0.15) is 5.10 Å². The monoisotopic (exact) mass is 256 g/mol. The number of nitrogens with one attached hydrogen (secondary N) is 1. The Hall–Kier alpha value is -2.45. The number of hydrogen-bond acceptors (Lipinski definition) is 6. The van der Waals surface area contributed by atoms with Gasteiger partial charge in [0.25, 0.3) is 5.91 Å². The highest BCUT2D eigenvalue weighted by Crippen LogP contribution is 2.21. The molecule has 0 aliphatic carbocycles. The van der Waals surface area contributed by atoms with E-state index < -0.39 is 16.8 Å². The number of carbonyl (C=O) groups excluding carboxylic acids is 2. The van der Waals surface area contributed by atoms with Crippen molar-refractivity contribution in [3.8, 4) is 0 Å². The fraction of sp³-hybridized carbons (Fsp3) is 0.444. The Morgan fingerprint density at radius 2 is 2.17 bits per heavy atom. The van der Waals surface area contributed by atoms with E-state index in [9.17, 15) is 19.7 Å². The second-order valence-electron chi connectivity index (χ2n) is 3.42. The van der Waals surface area contributed by atoms with Crippen molar-refractivity contribution in [2.45, 2.75) is 6.92 Å². The van der Waals surface area contributed by atoms with Gasteiger partial charge in [0, 0.05) is 7.05 Å². The first kappa shape index (κ1) is 13.6. The molecule has 9 heteroatoms. The molecule has 1 amide bonds. The highest BCUT2D eigenvalue weighted by molar-refractivity contribution is 5.98. The smallest absolute Gasteiger partial charge is 0.325 e. The first-order valence-corrected chi connectivity index (χ1v) is 4.91. The van der Waals surface area contributed by atoms with E-state index in [0.717, 1.165) is 4.68 Å². The van der Waals surface area contributed by atoms with Gasteiger partial charge in [0.2, 0.25) is 5.69 Å². The molecular formula is C9H12N4O5. The van der Waals surface area contributed by atoms with Gasteiger partial charge in [0.05, 0.1) is 12.0 Å². The quantitative estimate of drug-likeness (QED) is 0.442. The maximum absolute atomic E-state index is 11.7. The number of amides is 1. The zero-order valence-corrected chi connectivity index (χ0v) is 10.1. The lowest BCUT2D eigenvalue weighted by Gasteiger charge is -2.03. The van der Waals surface area contributed by atoms with Gasteiger partial charge in [-0.05, 0) is 6.92 Å². The van der Waals surface area contributed by atoms with E-state index in [0.29, 0.717) is 0 Å². The molecule has 0 radical (unpaired) electrons. The molecule has 1 N–H and O–H groups in total. The number of ether oxygens (including phenoxy) is 1. The Balaban J connectivity index is 2.98. The predicted molar refractivity (Wildman–Crippen MR) is 58.9 cm³/mol. The van der Waals surface area contributed by atoms with E-state index in [1.54, 1.807) is 0 Å². The van der Waals surface area contributed by atoms with E-state index in [1.165, 1.54) is 21.1 Å². The van der Waals surface area contributed by atoms with Crippen LogP contribution in [0, 0.1) is 17.0 Å². The molecule has 98 valence electrons. The molecule has 0 aliphatic heterocycles. The molecule has 1 rings (SSSR count). The first-order valence-electron chi connectivity index (χ1n) is 4.91. The third kappa shape index (κ3) is 2.62. The SMILES string of the molecule is COC(=O)CNC(=O)c1c([N+](=O)[O-])c(C)nn1C. The molecule has 18 heavy (non-hydrogen) atoms. The Morgan fingerprint density at radius 1 is 1.56 bits per heavy atom. The summed E-state index contributed by atoms with van der Waals surface area (Å²) in [5.74, 6) is -1.40. The maximum atomic E-state index is 11.7. The topological polar surface area (TPSA) is 116 Å². The maximum Gasteiger partial charge on any atom is 0.325 e. The zero-order chi connectivity index (χ0) is 13.9. The van der Waals surface area contributed by atoms with Gasteiger partial charge in [-0.3, -0.25) is 24.4 Å². The van der Waals surface area contributed by atoms with Crippen molar-refractivity contribution in [2.75, 3.05) is 13.7 Å². The molecule has 0 spiro atoms. The molecule has 1 aromatic heterocycles. The summed E-state index contributed by atoms with van der Waals surface area (Å²) in [7, 11) is 2.58. The first-order chi connectivity index (χ1) is 8.38. The lowest BCUT2D eigenvalue weighted by Crippen LogP contribution is -2.31. The van der Waals surface area contributed by atoms with Crippen LogP contribution >= 0.6 is 0 Å². The summed E-state index contributed by atoms with van der Waals surface area (Å²) < 4.78 is 5.44. The van der Waals surface area contributed by atoms with Crippen molar-refractivity contribution in [1.82, 2.24) is 15.1 Å². The summed E-state index contributed by atoms with van der Waals surface area (Å²) >= 11 is 0. The average molecular weight is 256 g/mol. The summed E-state index contributed by atoms with van der Waals surface area (Å²) in [5, 5.41) is 16.9. The number of methoxy groups -OCH3 is 1. The second kappa shape index (κ2) is 5.25. The summed E-state index contributed by atoms with van der Waals surface area (Å²) in [6.07, 6.45) is 0. The zero-order valence-electron chi connectivity index (χ0n) is 10.1. The van der Waals surface area contributed by atoms with Crippen LogP contribution in [0.3, 0.4) is 0 Å². The molecule has 0 saturated carbocycles. The van der Waals surface area contributed by atoms with Crippen molar-refractivity contribution < 1.29 is 19.2 Å². The van der Waals surface area contributed by atoms with Gasteiger partial charge in [-0.15, -0.1) is 0 Å². The van der Waals surface area contributed by atoms with E-state index in [-0.39, 0.29) is 23.6 Å². The Kier molecular flexibility index (Phi) is 3.97. The van der Waals surface area contributed by atoms with Crippen molar-refractivity contribution in [1.29, 1.82) is 0 Å². The Labute approximate surface area is 102 Å². The number of nitrogens with zero attached hydrogens (tertiary/aromatic N) is 3. The third-order valence-corrected chi connectivity index (χ3v) is 2.21. The second-order valence-corrected chi connectivity index (χ2v) is 3.42.